The quantitative estimate of drug-likeness (QED) is 0.212. The SMILES string of the molecule is O=S(=O)(O)O.[CH2-]CCCCCC(C)CCCCCCCCCC.[Na+]. The third-order valence-electron chi connectivity index (χ3n) is 4.00. The van der Waals surface area contributed by atoms with E-state index >= 15 is 0 Å². The first-order chi connectivity index (χ1) is 10.8. The molecule has 0 saturated heterocycles. The molecule has 0 heterocycles. The average molecular weight is 375 g/mol. The first-order valence-electron chi connectivity index (χ1n) is 9.30. The summed E-state index contributed by atoms with van der Waals surface area (Å²) in [5.41, 5.74) is 0. The minimum Gasteiger partial charge on any atom is -0.343 e. The Morgan fingerprint density at radius 1 is 0.792 bits per heavy atom. The zero-order valence-corrected chi connectivity index (χ0v) is 19.1. The number of hydrogen-bond acceptors (Lipinski definition) is 2. The van der Waals surface area contributed by atoms with Crippen molar-refractivity contribution in [3.63, 3.8) is 0 Å². The summed E-state index contributed by atoms with van der Waals surface area (Å²) in [5, 5.41) is 0. The minimum absolute atomic E-state index is 0. The van der Waals surface area contributed by atoms with Gasteiger partial charge in [-0.1, -0.05) is 97.3 Å². The van der Waals surface area contributed by atoms with Gasteiger partial charge in [0.15, 0.2) is 0 Å². The normalized spacial score (nSPS) is 12.0. The summed E-state index contributed by atoms with van der Waals surface area (Å²) in [4.78, 5) is 0. The maximum Gasteiger partial charge on any atom is 1.00 e. The molecule has 0 bridgehead atoms. The Hall–Kier alpha value is 0.870. The van der Waals surface area contributed by atoms with Crippen LogP contribution in [0.15, 0.2) is 0 Å². The third-order valence-corrected chi connectivity index (χ3v) is 4.00. The van der Waals surface area contributed by atoms with Crippen LogP contribution in [-0.2, 0) is 10.4 Å². The van der Waals surface area contributed by atoms with Gasteiger partial charge in [0.05, 0.1) is 0 Å². The number of rotatable bonds is 14. The van der Waals surface area contributed by atoms with Gasteiger partial charge in [0.25, 0.3) is 0 Å². The molecule has 1 atom stereocenters. The minimum atomic E-state index is -4.67. The van der Waals surface area contributed by atoms with Gasteiger partial charge in [-0.3, -0.25) is 9.11 Å². The first-order valence-corrected chi connectivity index (χ1v) is 10.7. The summed E-state index contributed by atoms with van der Waals surface area (Å²) < 4.78 is 31.6. The van der Waals surface area contributed by atoms with Crippen LogP contribution in [-0.4, -0.2) is 17.5 Å². The van der Waals surface area contributed by atoms with Crippen molar-refractivity contribution in [1.82, 2.24) is 0 Å². The van der Waals surface area contributed by atoms with E-state index in [9.17, 15) is 0 Å². The van der Waals surface area contributed by atoms with Crippen molar-refractivity contribution in [1.29, 1.82) is 0 Å². The van der Waals surface area contributed by atoms with E-state index < -0.39 is 10.4 Å². The molecule has 0 aromatic heterocycles. The van der Waals surface area contributed by atoms with Gasteiger partial charge in [-0.25, -0.2) is 0 Å². The number of hydrogen-bond donors (Lipinski definition) is 2. The average Bonchev–Trinajstić information content (AvgIpc) is 2.45. The van der Waals surface area contributed by atoms with Crippen LogP contribution in [0.1, 0.15) is 104 Å². The van der Waals surface area contributed by atoms with E-state index in [1.165, 1.54) is 83.5 Å². The predicted octanol–water partition coefficient (Wildman–Crippen LogP) is 3.29. The molecule has 2 N–H and O–H groups in total. The Bertz CT molecular complexity index is 313. The zero-order chi connectivity index (χ0) is 18.0. The zero-order valence-electron chi connectivity index (χ0n) is 16.3. The summed E-state index contributed by atoms with van der Waals surface area (Å²) in [6.45, 7) is 8.63. The molecule has 0 amide bonds. The van der Waals surface area contributed by atoms with Gasteiger partial charge in [0.1, 0.15) is 0 Å². The Morgan fingerprint density at radius 3 is 1.50 bits per heavy atom. The molecular formula is C18H39NaO4S. The van der Waals surface area contributed by atoms with Gasteiger partial charge < -0.3 is 6.92 Å². The van der Waals surface area contributed by atoms with E-state index in [4.69, 9.17) is 17.5 Å². The van der Waals surface area contributed by atoms with Crippen LogP contribution in [0, 0.1) is 12.8 Å². The Kier molecular flexibility index (Phi) is 27.0. The van der Waals surface area contributed by atoms with Crippen molar-refractivity contribution in [2.75, 3.05) is 0 Å². The molecule has 142 valence electrons. The third kappa shape index (κ3) is 38.4. The monoisotopic (exact) mass is 374 g/mol. The maximum absolute atomic E-state index is 8.74. The summed E-state index contributed by atoms with van der Waals surface area (Å²) in [6, 6.07) is 0. The summed E-state index contributed by atoms with van der Waals surface area (Å²) in [6.07, 6.45) is 19.8. The molecule has 0 spiro atoms. The molecule has 0 aliphatic carbocycles. The van der Waals surface area contributed by atoms with Crippen molar-refractivity contribution in [2.45, 2.75) is 104 Å². The van der Waals surface area contributed by atoms with E-state index in [0.717, 1.165) is 12.3 Å². The van der Waals surface area contributed by atoms with Crippen LogP contribution in [0.25, 0.3) is 0 Å². The van der Waals surface area contributed by atoms with Crippen molar-refractivity contribution >= 4 is 10.4 Å². The second-order valence-corrected chi connectivity index (χ2v) is 7.42. The molecular weight excluding hydrogens is 335 g/mol. The van der Waals surface area contributed by atoms with Gasteiger partial charge in [-0.15, -0.1) is 0 Å². The number of unbranched alkanes of at least 4 members (excludes halogenated alkanes) is 10. The fourth-order valence-electron chi connectivity index (χ4n) is 2.62. The summed E-state index contributed by atoms with van der Waals surface area (Å²) >= 11 is 0. The largest absolute Gasteiger partial charge is 1.00 e. The molecule has 0 aromatic rings. The first kappa shape index (κ1) is 29.6. The standard InChI is InChI=1S/C18H37.Na.H2O4S/c1-4-6-8-10-11-12-13-15-17-18(3)16-14-9-7-5-2;;1-5(2,3)4/h18H,2,4-17H2,1,3H3;;(H2,1,2,3,4)/q-1;+1;. The molecule has 0 radical (unpaired) electrons. The van der Waals surface area contributed by atoms with Gasteiger partial charge in [0.2, 0.25) is 0 Å². The Labute approximate surface area is 173 Å². The van der Waals surface area contributed by atoms with Crippen LogP contribution in [0.4, 0.5) is 0 Å². The van der Waals surface area contributed by atoms with E-state index in [1.807, 2.05) is 0 Å². The second kappa shape index (κ2) is 21.9. The molecule has 0 fully saturated rings. The van der Waals surface area contributed by atoms with Crippen LogP contribution < -0.4 is 29.6 Å². The van der Waals surface area contributed by atoms with Gasteiger partial charge >= 0.3 is 40.0 Å². The van der Waals surface area contributed by atoms with E-state index in [2.05, 4.69) is 20.8 Å². The van der Waals surface area contributed by atoms with Crippen molar-refractivity contribution < 1.29 is 47.1 Å². The van der Waals surface area contributed by atoms with Crippen LogP contribution >= 0.6 is 0 Å². The molecule has 6 heteroatoms. The van der Waals surface area contributed by atoms with Crippen molar-refractivity contribution in [2.24, 2.45) is 5.92 Å². The predicted molar refractivity (Wildman–Crippen MR) is 99.0 cm³/mol. The van der Waals surface area contributed by atoms with E-state index in [1.54, 1.807) is 0 Å². The van der Waals surface area contributed by atoms with Gasteiger partial charge in [-0.2, -0.15) is 14.8 Å². The molecule has 1 unspecified atom stereocenters. The van der Waals surface area contributed by atoms with Gasteiger partial charge in [-0.05, 0) is 5.92 Å². The van der Waals surface area contributed by atoms with Gasteiger partial charge in [0, 0.05) is 0 Å². The molecule has 24 heavy (non-hydrogen) atoms. The molecule has 0 aliphatic heterocycles. The van der Waals surface area contributed by atoms with Crippen molar-refractivity contribution in [3.8, 4) is 0 Å². The second-order valence-electron chi connectivity index (χ2n) is 6.52. The molecule has 0 aromatic carbocycles. The van der Waals surface area contributed by atoms with Crippen LogP contribution in [0.2, 0.25) is 0 Å². The summed E-state index contributed by atoms with van der Waals surface area (Å²) in [5.74, 6) is 0.954. The van der Waals surface area contributed by atoms with Crippen molar-refractivity contribution in [3.05, 3.63) is 6.92 Å². The molecule has 0 saturated carbocycles. The molecule has 0 aliphatic rings. The van der Waals surface area contributed by atoms with E-state index in [-0.39, 0.29) is 29.6 Å². The summed E-state index contributed by atoms with van der Waals surface area (Å²) in [7, 11) is -4.67. The Balaban J connectivity index is -0.000000639. The van der Waals surface area contributed by atoms with E-state index in [0.29, 0.717) is 0 Å². The fourth-order valence-corrected chi connectivity index (χ4v) is 2.62. The molecule has 0 rings (SSSR count). The topological polar surface area (TPSA) is 74.6 Å². The molecule has 4 nitrogen and oxygen atoms in total. The Morgan fingerprint density at radius 2 is 1.12 bits per heavy atom. The maximum atomic E-state index is 8.74. The fraction of sp³-hybridized carbons (Fsp3) is 0.944. The smallest absolute Gasteiger partial charge is 0.343 e. The van der Waals surface area contributed by atoms with Crippen LogP contribution in [0.3, 0.4) is 0 Å². The van der Waals surface area contributed by atoms with Crippen LogP contribution in [0.5, 0.6) is 0 Å².